The van der Waals surface area contributed by atoms with Gasteiger partial charge in [0, 0.05) is 36.1 Å². The molecular weight excluding hydrogens is 298 g/mol. The lowest BCUT2D eigenvalue weighted by Crippen LogP contribution is -2.01. The van der Waals surface area contributed by atoms with Gasteiger partial charge in [-0.05, 0) is 31.2 Å². The number of hydrogen-bond acceptors (Lipinski definition) is 7. The van der Waals surface area contributed by atoms with Gasteiger partial charge in [0.25, 0.3) is 11.6 Å². The van der Waals surface area contributed by atoms with Crippen LogP contribution in [0.25, 0.3) is 22.8 Å². The molecule has 0 atom stereocenters. The van der Waals surface area contributed by atoms with Gasteiger partial charge in [0.2, 0.25) is 5.82 Å². The Morgan fingerprint density at radius 3 is 2.87 bits per heavy atom. The smallest absolute Gasteiger partial charge is 0.293 e. The molecule has 3 rings (SSSR count). The van der Waals surface area contributed by atoms with Crippen molar-refractivity contribution in [3.8, 4) is 22.8 Å². The summed E-state index contributed by atoms with van der Waals surface area (Å²) in [6, 6.07) is 8.31. The van der Waals surface area contributed by atoms with Gasteiger partial charge < -0.3 is 9.84 Å². The Hall–Kier alpha value is -3.29. The highest BCUT2D eigenvalue weighted by molar-refractivity contribution is 5.70. The van der Waals surface area contributed by atoms with Gasteiger partial charge in [0.05, 0.1) is 4.92 Å². The average molecular weight is 311 g/mol. The number of aromatic nitrogens is 3. The summed E-state index contributed by atoms with van der Waals surface area (Å²) in [5.74, 6) is 0.599. The van der Waals surface area contributed by atoms with Crippen molar-refractivity contribution in [3.05, 3.63) is 52.8 Å². The number of rotatable bonds is 5. The molecule has 0 aliphatic carbocycles. The van der Waals surface area contributed by atoms with Crippen LogP contribution in [0, 0.1) is 10.1 Å². The maximum Gasteiger partial charge on any atom is 0.293 e. The van der Waals surface area contributed by atoms with Crippen molar-refractivity contribution in [1.29, 1.82) is 0 Å². The Bertz CT molecular complexity index is 832. The van der Waals surface area contributed by atoms with Gasteiger partial charge in [0.15, 0.2) is 0 Å². The van der Waals surface area contributed by atoms with E-state index in [0.29, 0.717) is 29.2 Å². The predicted molar refractivity (Wildman–Crippen MR) is 83.8 cm³/mol. The molecule has 0 fully saturated rings. The molecule has 2 aromatic heterocycles. The minimum atomic E-state index is -0.445. The quantitative estimate of drug-likeness (QED) is 0.569. The minimum Gasteiger partial charge on any atom is -0.380 e. The number of nitrogens with zero attached hydrogens (tertiary/aromatic N) is 4. The second-order valence-corrected chi connectivity index (χ2v) is 4.68. The van der Waals surface area contributed by atoms with Crippen molar-refractivity contribution in [1.82, 2.24) is 15.1 Å². The molecule has 1 aromatic carbocycles. The number of hydrogen-bond donors (Lipinski definition) is 1. The summed E-state index contributed by atoms with van der Waals surface area (Å²) in [5.41, 5.74) is 1.61. The van der Waals surface area contributed by atoms with Gasteiger partial charge in [-0.25, -0.2) is 0 Å². The summed E-state index contributed by atoms with van der Waals surface area (Å²) in [6.07, 6.45) is 3.26. The summed E-state index contributed by atoms with van der Waals surface area (Å²) in [4.78, 5) is 19.0. The zero-order valence-corrected chi connectivity index (χ0v) is 12.3. The molecule has 0 saturated carbocycles. The lowest BCUT2D eigenvalue weighted by molar-refractivity contribution is -0.383. The van der Waals surface area contributed by atoms with Crippen LogP contribution in [0.15, 0.2) is 47.2 Å². The van der Waals surface area contributed by atoms with Gasteiger partial charge >= 0.3 is 0 Å². The molecule has 0 spiro atoms. The summed E-state index contributed by atoms with van der Waals surface area (Å²) in [6.45, 7) is 2.46. The third-order valence-electron chi connectivity index (χ3n) is 3.15. The molecule has 116 valence electrons. The zero-order valence-electron chi connectivity index (χ0n) is 12.3. The highest BCUT2D eigenvalue weighted by Crippen LogP contribution is 2.30. The average Bonchev–Trinajstić information content (AvgIpc) is 3.06. The first kappa shape index (κ1) is 14.6. The van der Waals surface area contributed by atoms with Crippen molar-refractivity contribution >= 4 is 11.4 Å². The van der Waals surface area contributed by atoms with Gasteiger partial charge in [-0.3, -0.25) is 15.1 Å². The van der Waals surface area contributed by atoms with Crippen LogP contribution in [0.2, 0.25) is 0 Å². The van der Waals surface area contributed by atoms with E-state index in [0.717, 1.165) is 0 Å². The van der Waals surface area contributed by atoms with Crippen LogP contribution in [-0.4, -0.2) is 26.6 Å². The Kier molecular flexibility index (Phi) is 3.96. The van der Waals surface area contributed by atoms with Crippen LogP contribution >= 0.6 is 0 Å². The normalized spacial score (nSPS) is 10.5. The van der Waals surface area contributed by atoms with Gasteiger partial charge in [0.1, 0.15) is 5.69 Å². The molecule has 0 amide bonds. The van der Waals surface area contributed by atoms with E-state index in [1.165, 1.54) is 6.07 Å². The first-order valence-electron chi connectivity index (χ1n) is 6.96. The summed E-state index contributed by atoms with van der Waals surface area (Å²) < 4.78 is 5.21. The number of anilines is 1. The maximum absolute atomic E-state index is 11.2. The van der Waals surface area contributed by atoms with E-state index in [9.17, 15) is 10.1 Å². The van der Waals surface area contributed by atoms with E-state index in [-0.39, 0.29) is 11.6 Å². The molecule has 0 saturated heterocycles. The number of nitro benzene ring substituents is 1. The van der Waals surface area contributed by atoms with E-state index in [1.54, 1.807) is 36.7 Å². The molecule has 3 aromatic rings. The van der Waals surface area contributed by atoms with Crippen LogP contribution in [0.5, 0.6) is 0 Å². The highest BCUT2D eigenvalue weighted by atomic mass is 16.6. The number of benzene rings is 1. The van der Waals surface area contributed by atoms with Gasteiger partial charge in [-0.2, -0.15) is 4.98 Å². The molecule has 1 N–H and O–H groups in total. The van der Waals surface area contributed by atoms with Crippen LogP contribution in [0.4, 0.5) is 11.4 Å². The fourth-order valence-electron chi connectivity index (χ4n) is 2.11. The monoisotopic (exact) mass is 311 g/mol. The van der Waals surface area contributed by atoms with Gasteiger partial charge in [-0.15, -0.1) is 0 Å². The van der Waals surface area contributed by atoms with E-state index >= 15 is 0 Å². The first-order chi connectivity index (χ1) is 11.2. The molecule has 0 bridgehead atoms. The molecule has 0 aliphatic rings. The second-order valence-electron chi connectivity index (χ2n) is 4.68. The molecule has 0 unspecified atom stereocenters. The SMILES string of the molecule is CCNc1ccc(-c2nc(-c3cccnc3)no2)cc1[N+](=O)[O-]. The lowest BCUT2D eigenvalue weighted by atomic mass is 10.1. The van der Waals surface area contributed by atoms with Crippen LogP contribution < -0.4 is 5.32 Å². The fraction of sp³-hybridized carbons (Fsp3) is 0.133. The summed E-state index contributed by atoms with van der Waals surface area (Å²) >= 11 is 0. The number of nitro groups is 1. The van der Waals surface area contributed by atoms with E-state index < -0.39 is 4.92 Å². The predicted octanol–water partition coefficient (Wildman–Crippen LogP) is 3.14. The molecule has 8 heteroatoms. The third kappa shape index (κ3) is 3.00. The fourth-order valence-corrected chi connectivity index (χ4v) is 2.11. The van der Waals surface area contributed by atoms with Crippen molar-refractivity contribution < 1.29 is 9.45 Å². The summed E-state index contributed by atoms with van der Waals surface area (Å²) in [7, 11) is 0. The van der Waals surface area contributed by atoms with Crippen LogP contribution in [0.1, 0.15) is 6.92 Å². The van der Waals surface area contributed by atoms with Crippen molar-refractivity contribution in [2.24, 2.45) is 0 Å². The van der Waals surface area contributed by atoms with Crippen molar-refractivity contribution in [2.75, 3.05) is 11.9 Å². The minimum absolute atomic E-state index is 0.0366. The number of nitrogens with one attached hydrogen (secondary N) is 1. The lowest BCUT2D eigenvalue weighted by Gasteiger charge is -2.04. The van der Waals surface area contributed by atoms with Crippen molar-refractivity contribution in [2.45, 2.75) is 6.92 Å². The molecule has 0 aliphatic heterocycles. The highest BCUT2D eigenvalue weighted by Gasteiger charge is 2.18. The topological polar surface area (TPSA) is 107 Å². The second kappa shape index (κ2) is 6.22. The van der Waals surface area contributed by atoms with Crippen LogP contribution in [-0.2, 0) is 0 Å². The first-order valence-corrected chi connectivity index (χ1v) is 6.96. The zero-order chi connectivity index (χ0) is 16.2. The van der Waals surface area contributed by atoms with Crippen molar-refractivity contribution in [3.63, 3.8) is 0 Å². The maximum atomic E-state index is 11.2. The van der Waals surface area contributed by atoms with E-state index in [1.807, 2.05) is 6.92 Å². The molecule has 2 heterocycles. The Labute approximate surface area is 131 Å². The third-order valence-corrected chi connectivity index (χ3v) is 3.15. The number of pyridine rings is 1. The molecule has 0 radical (unpaired) electrons. The Morgan fingerprint density at radius 2 is 2.17 bits per heavy atom. The molecule has 23 heavy (non-hydrogen) atoms. The van der Waals surface area contributed by atoms with Gasteiger partial charge in [-0.1, -0.05) is 5.16 Å². The van der Waals surface area contributed by atoms with E-state index in [2.05, 4.69) is 20.4 Å². The van der Waals surface area contributed by atoms with Crippen LogP contribution in [0.3, 0.4) is 0 Å². The Morgan fingerprint density at radius 1 is 1.30 bits per heavy atom. The molecular formula is C15H13N5O3. The largest absolute Gasteiger partial charge is 0.380 e. The summed E-state index contributed by atoms with van der Waals surface area (Å²) in [5, 5.41) is 18.0. The van der Waals surface area contributed by atoms with E-state index in [4.69, 9.17) is 4.52 Å². The standard InChI is InChI=1S/C15H13N5O3/c1-2-17-12-6-5-10(8-13(12)20(21)22)15-18-14(19-23-15)11-4-3-7-16-9-11/h3-9,17H,2H2,1H3. The Balaban J connectivity index is 1.98. The molecule has 8 nitrogen and oxygen atoms in total.